The summed E-state index contributed by atoms with van der Waals surface area (Å²) in [6.45, 7) is 0. The molecular weight excluding hydrogens is 619 g/mol. The van der Waals surface area contributed by atoms with Gasteiger partial charge in [0.25, 0.3) is 0 Å². The van der Waals surface area contributed by atoms with Crippen molar-refractivity contribution in [2.45, 2.75) is 12.8 Å². The molecule has 0 aliphatic heterocycles. The first-order valence-corrected chi connectivity index (χ1v) is 17.7. The van der Waals surface area contributed by atoms with E-state index in [0.717, 1.165) is 47.0 Å². The molecule has 7 aromatic carbocycles. The van der Waals surface area contributed by atoms with Gasteiger partial charge in [-0.05, 0) is 109 Å². The summed E-state index contributed by atoms with van der Waals surface area (Å²) in [4.78, 5) is 4.67. The van der Waals surface area contributed by atoms with Crippen LogP contribution >= 0.6 is 0 Å². The standard InChI is InChI=1S/C48H37N3/c1-5-15-38(16-6-1)49(39-17-7-2-8-18-39)42-29-25-36(26-30-42)37-27-31-43(32-28-37)51-47-24-14-13-23-45(47)46-34-33-44(35-48(46)51)50(40-19-9-3-10-20-40)41-21-11-4-12-22-41/h1,3-7,9-35H,2,8H2. The van der Waals surface area contributed by atoms with Gasteiger partial charge >= 0.3 is 0 Å². The van der Waals surface area contributed by atoms with E-state index in [9.17, 15) is 0 Å². The highest BCUT2D eigenvalue weighted by Crippen LogP contribution is 2.40. The lowest BCUT2D eigenvalue weighted by Gasteiger charge is -2.27. The van der Waals surface area contributed by atoms with Crippen molar-refractivity contribution in [2.24, 2.45) is 0 Å². The van der Waals surface area contributed by atoms with Gasteiger partial charge in [0.1, 0.15) is 0 Å². The summed E-state index contributed by atoms with van der Waals surface area (Å²) in [6.07, 6.45) is 8.99. The lowest BCUT2D eigenvalue weighted by Crippen LogP contribution is -2.16. The largest absolute Gasteiger partial charge is 0.311 e. The van der Waals surface area contributed by atoms with Crippen LogP contribution in [0.15, 0.2) is 206 Å². The zero-order valence-corrected chi connectivity index (χ0v) is 28.3. The van der Waals surface area contributed by atoms with Gasteiger partial charge in [0.2, 0.25) is 0 Å². The molecule has 0 atom stereocenters. The molecule has 0 saturated heterocycles. The Morgan fingerprint density at radius 3 is 1.51 bits per heavy atom. The number of hydrogen-bond acceptors (Lipinski definition) is 2. The molecule has 0 amide bonds. The van der Waals surface area contributed by atoms with Crippen molar-refractivity contribution >= 4 is 50.2 Å². The molecule has 3 heteroatoms. The number of hydrogen-bond donors (Lipinski definition) is 0. The highest BCUT2D eigenvalue weighted by Gasteiger charge is 2.18. The van der Waals surface area contributed by atoms with Crippen LogP contribution in [0.25, 0.3) is 38.6 Å². The van der Waals surface area contributed by atoms with E-state index in [1.54, 1.807) is 0 Å². The van der Waals surface area contributed by atoms with E-state index in [1.807, 2.05) is 0 Å². The van der Waals surface area contributed by atoms with Crippen LogP contribution < -0.4 is 9.80 Å². The third-order valence-corrected chi connectivity index (χ3v) is 9.78. The van der Waals surface area contributed by atoms with Gasteiger partial charge in [0.05, 0.1) is 11.0 Å². The van der Waals surface area contributed by atoms with E-state index >= 15 is 0 Å². The molecule has 1 aromatic heterocycles. The summed E-state index contributed by atoms with van der Waals surface area (Å²) in [5.41, 5.74) is 12.8. The van der Waals surface area contributed by atoms with E-state index in [-0.39, 0.29) is 0 Å². The molecular formula is C48H37N3. The summed E-state index contributed by atoms with van der Waals surface area (Å²) < 4.78 is 2.40. The molecule has 0 radical (unpaired) electrons. The highest BCUT2D eigenvalue weighted by molar-refractivity contribution is 6.10. The maximum absolute atomic E-state index is 2.40. The van der Waals surface area contributed by atoms with Gasteiger partial charge in [-0.2, -0.15) is 0 Å². The van der Waals surface area contributed by atoms with Crippen molar-refractivity contribution in [3.8, 4) is 16.8 Å². The van der Waals surface area contributed by atoms with Crippen LogP contribution in [-0.2, 0) is 0 Å². The van der Waals surface area contributed by atoms with Crippen LogP contribution in [0.3, 0.4) is 0 Å². The molecule has 9 rings (SSSR count). The highest BCUT2D eigenvalue weighted by atomic mass is 15.2. The van der Waals surface area contributed by atoms with Gasteiger partial charge in [-0.1, -0.05) is 115 Å². The molecule has 0 spiro atoms. The molecule has 244 valence electrons. The number of aromatic nitrogens is 1. The molecule has 1 aliphatic carbocycles. The second-order valence-corrected chi connectivity index (χ2v) is 12.9. The maximum atomic E-state index is 2.40. The minimum Gasteiger partial charge on any atom is -0.311 e. The first kappa shape index (κ1) is 30.5. The monoisotopic (exact) mass is 655 g/mol. The molecule has 51 heavy (non-hydrogen) atoms. The van der Waals surface area contributed by atoms with Crippen molar-refractivity contribution in [2.75, 3.05) is 9.80 Å². The Kier molecular flexibility index (Phi) is 7.99. The summed E-state index contributed by atoms with van der Waals surface area (Å²) in [7, 11) is 0. The summed E-state index contributed by atoms with van der Waals surface area (Å²) >= 11 is 0. The van der Waals surface area contributed by atoms with Crippen molar-refractivity contribution in [1.29, 1.82) is 0 Å². The van der Waals surface area contributed by atoms with Gasteiger partial charge in [0.15, 0.2) is 0 Å². The van der Waals surface area contributed by atoms with Crippen LogP contribution in [0.2, 0.25) is 0 Å². The predicted octanol–water partition coefficient (Wildman–Crippen LogP) is 13.3. The average Bonchev–Trinajstić information content (AvgIpc) is 3.54. The first-order chi connectivity index (χ1) is 25.3. The van der Waals surface area contributed by atoms with Gasteiger partial charge in [-0.25, -0.2) is 0 Å². The molecule has 1 aliphatic rings. The van der Waals surface area contributed by atoms with Gasteiger partial charge in [0, 0.05) is 50.6 Å². The zero-order chi connectivity index (χ0) is 34.0. The maximum Gasteiger partial charge on any atom is 0.0561 e. The molecule has 0 saturated carbocycles. The van der Waals surface area contributed by atoms with E-state index in [1.165, 1.54) is 38.6 Å². The van der Waals surface area contributed by atoms with Crippen molar-refractivity contribution in [3.05, 3.63) is 206 Å². The Morgan fingerprint density at radius 2 is 0.902 bits per heavy atom. The summed E-state index contributed by atoms with van der Waals surface area (Å²) in [5.74, 6) is 0. The fourth-order valence-corrected chi connectivity index (χ4v) is 7.37. The molecule has 0 bridgehead atoms. The number of rotatable bonds is 8. The third kappa shape index (κ3) is 5.79. The number of fused-ring (bicyclic) bond motifs is 3. The van der Waals surface area contributed by atoms with Crippen molar-refractivity contribution < 1.29 is 0 Å². The van der Waals surface area contributed by atoms with Gasteiger partial charge in [-0.15, -0.1) is 0 Å². The molecule has 8 aromatic rings. The Labute approximate surface area is 299 Å². The smallest absolute Gasteiger partial charge is 0.0561 e. The Hall–Kier alpha value is -6.58. The number of anilines is 5. The topological polar surface area (TPSA) is 11.4 Å². The average molecular weight is 656 g/mol. The summed E-state index contributed by atoms with van der Waals surface area (Å²) in [5, 5.41) is 2.48. The van der Waals surface area contributed by atoms with E-state index in [2.05, 4.69) is 215 Å². The SMILES string of the molecule is C1=CC(N(c2ccccc2)c2ccc(-c3ccc(-n4c5ccccc5c5ccc(N(c6ccccc6)c6ccccc6)cc54)cc3)cc2)=CCC1. The second kappa shape index (κ2) is 13.4. The fourth-order valence-electron chi connectivity index (χ4n) is 7.37. The Bertz CT molecular complexity index is 2450. The van der Waals surface area contributed by atoms with Crippen LogP contribution in [0.4, 0.5) is 28.4 Å². The number of benzene rings is 7. The molecule has 1 heterocycles. The van der Waals surface area contributed by atoms with Crippen molar-refractivity contribution in [1.82, 2.24) is 4.57 Å². The summed E-state index contributed by atoms with van der Waals surface area (Å²) in [6, 6.07) is 65.3. The normalized spacial score (nSPS) is 12.6. The molecule has 0 unspecified atom stereocenters. The minimum atomic E-state index is 1.06. The third-order valence-electron chi connectivity index (χ3n) is 9.78. The Morgan fingerprint density at radius 1 is 0.392 bits per heavy atom. The lowest BCUT2D eigenvalue weighted by atomic mass is 10.0. The van der Waals surface area contributed by atoms with E-state index < -0.39 is 0 Å². The van der Waals surface area contributed by atoms with Crippen LogP contribution in [0, 0.1) is 0 Å². The minimum absolute atomic E-state index is 1.06. The van der Waals surface area contributed by atoms with E-state index in [4.69, 9.17) is 0 Å². The number of allylic oxidation sites excluding steroid dienone is 3. The van der Waals surface area contributed by atoms with Gasteiger partial charge < -0.3 is 14.4 Å². The predicted molar refractivity (Wildman–Crippen MR) is 216 cm³/mol. The first-order valence-electron chi connectivity index (χ1n) is 17.7. The number of para-hydroxylation sites is 4. The number of nitrogens with zero attached hydrogens (tertiary/aromatic N) is 3. The van der Waals surface area contributed by atoms with Crippen LogP contribution in [0.5, 0.6) is 0 Å². The van der Waals surface area contributed by atoms with E-state index in [0.29, 0.717) is 0 Å². The Balaban J connectivity index is 1.09. The zero-order valence-electron chi connectivity index (χ0n) is 28.3. The molecule has 0 N–H and O–H groups in total. The van der Waals surface area contributed by atoms with Crippen LogP contribution in [-0.4, -0.2) is 4.57 Å². The fraction of sp³-hybridized carbons (Fsp3) is 0.0417. The molecule has 3 nitrogen and oxygen atoms in total. The quantitative estimate of drug-likeness (QED) is 0.161. The van der Waals surface area contributed by atoms with Crippen LogP contribution in [0.1, 0.15) is 12.8 Å². The van der Waals surface area contributed by atoms with Gasteiger partial charge in [-0.3, -0.25) is 0 Å². The second-order valence-electron chi connectivity index (χ2n) is 12.9. The van der Waals surface area contributed by atoms with Crippen molar-refractivity contribution in [3.63, 3.8) is 0 Å². The molecule has 0 fully saturated rings. The lowest BCUT2D eigenvalue weighted by molar-refractivity contribution is 0.997.